The summed E-state index contributed by atoms with van der Waals surface area (Å²) in [7, 11) is 1.54. The van der Waals surface area contributed by atoms with Crippen LogP contribution >= 0.6 is 23.2 Å². The first kappa shape index (κ1) is 24.4. The first-order valence-corrected chi connectivity index (χ1v) is 10.1. The predicted molar refractivity (Wildman–Crippen MR) is 124 cm³/mol. The Morgan fingerprint density at radius 1 is 1.13 bits per heavy atom. The molecule has 0 aliphatic carbocycles. The lowest BCUT2D eigenvalue weighted by molar-refractivity contribution is -0.117. The number of hydrogen-bond donors (Lipinski definition) is 3. The second-order valence-electron chi connectivity index (χ2n) is 7.71. The van der Waals surface area contributed by atoms with Crippen molar-refractivity contribution in [2.75, 3.05) is 30.0 Å². The Bertz CT molecular complexity index is 977. The summed E-state index contributed by atoms with van der Waals surface area (Å²) in [5.74, 6) is -0.00874. The van der Waals surface area contributed by atoms with Crippen LogP contribution in [0.25, 0.3) is 0 Å². The summed E-state index contributed by atoms with van der Waals surface area (Å²) in [6.07, 6.45) is -0.690. The molecule has 2 rings (SSSR count). The zero-order valence-electron chi connectivity index (χ0n) is 17.8. The third-order valence-electron chi connectivity index (χ3n) is 4.16. The topological polar surface area (TPSA) is 120 Å². The van der Waals surface area contributed by atoms with Gasteiger partial charge in [0.1, 0.15) is 24.5 Å². The number of carbonyl (C=O) groups is 2. The largest absolute Gasteiger partial charge is 0.487 e. The quantitative estimate of drug-likeness (QED) is 0.545. The molecule has 0 saturated carbocycles. The van der Waals surface area contributed by atoms with Crippen molar-refractivity contribution in [1.82, 2.24) is 5.32 Å². The van der Waals surface area contributed by atoms with Crippen molar-refractivity contribution in [3.05, 3.63) is 45.9 Å². The van der Waals surface area contributed by atoms with Gasteiger partial charge in [0.25, 0.3) is 0 Å². The second-order valence-corrected chi connectivity index (χ2v) is 8.50. The summed E-state index contributed by atoms with van der Waals surface area (Å²) in [5, 5.41) is 3.03. The van der Waals surface area contributed by atoms with E-state index >= 15 is 0 Å². The number of amides is 2. The lowest BCUT2D eigenvalue weighted by atomic mass is 10.2. The van der Waals surface area contributed by atoms with Gasteiger partial charge in [0, 0.05) is 17.6 Å². The average molecular weight is 469 g/mol. The molecule has 0 saturated heterocycles. The number of rotatable bonds is 6. The van der Waals surface area contributed by atoms with Crippen LogP contribution in [0.1, 0.15) is 26.3 Å². The average Bonchev–Trinajstić information content (AvgIpc) is 2.67. The van der Waals surface area contributed by atoms with Crippen LogP contribution in [0.4, 0.5) is 21.9 Å². The van der Waals surface area contributed by atoms with E-state index in [1.54, 1.807) is 51.1 Å². The number of carbonyl (C=O) groups excluding carboxylic acids is 2. The molecule has 168 valence electrons. The fourth-order valence-electron chi connectivity index (χ4n) is 2.53. The molecule has 0 aromatic heterocycles. The number of para-hydroxylation sites is 1. The molecule has 0 atom stereocenters. The van der Waals surface area contributed by atoms with Crippen LogP contribution in [0.3, 0.4) is 0 Å². The molecule has 0 aliphatic heterocycles. The van der Waals surface area contributed by atoms with Crippen LogP contribution < -0.4 is 26.4 Å². The summed E-state index contributed by atoms with van der Waals surface area (Å²) < 4.78 is 10.9. The normalized spacial score (nSPS) is 11.0. The van der Waals surface area contributed by atoms with Gasteiger partial charge in [-0.25, -0.2) is 4.79 Å². The van der Waals surface area contributed by atoms with E-state index in [4.69, 9.17) is 44.1 Å². The van der Waals surface area contributed by atoms with Crippen LogP contribution in [0.5, 0.6) is 5.75 Å². The number of benzene rings is 2. The predicted octanol–water partition coefficient (Wildman–Crippen LogP) is 4.22. The summed E-state index contributed by atoms with van der Waals surface area (Å²) >= 11 is 12.8. The standard InChI is InChI=1S/C21H26Cl2N4O4/c1-21(2,3)31-20(29)26-10-17(28)27(4)15-9-8-13(22)12(18(15)23)11-30-16-7-5-6-14(24)19(16)25/h5-9H,10-11,24-25H2,1-4H3,(H,26,29). The van der Waals surface area contributed by atoms with E-state index in [2.05, 4.69) is 5.32 Å². The van der Waals surface area contributed by atoms with E-state index in [0.29, 0.717) is 33.4 Å². The SMILES string of the molecule is CN(C(=O)CNC(=O)OC(C)(C)C)c1ccc(Cl)c(COc2cccc(N)c2N)c1Cl. The number of nitrogens with two attached hydrogens (primary N) is 2. The lowest BCUT2D eigenvalue weighted by Gasteiger charge is -2.23. The van der Waals surface area contributed by atoms with E-state index in [1.165, 1.54) is 11.9 Å². The molecule has 2 aromatic rings. The van der Waals surface area contributed by atoms with Gasteiger partial charge in [-0.1, -0.05) is 29.3 Å². The molecule has 2 aromatic carbocycles. The summed E-state index contributed by atoms with van der Waals surface area (Å²) in [4.78, 5) is 25.6. The van der Waals surface area contributed by atoms with Gasteiger partial charge in [0.05, 0.1) is 22.1 Å². The molecule has 0 fully saturated rings. The van der Waals surface area contributed by atoms with E-state index in [0.717, 1.165) is 0 Å². The summed E-state index contributed by atoms with van der Waals surface area (Å²) in [6.45, 7) is 4.94. The molecule has 0 spiro atoms. The van der Waals surface area contributed by atoms with Gasteiger partial charge < -0.3 is 31.2 Å². The molecule has 2 amide bonds. The number of likely N-dealkylation sites (N-methyl/N-ethyl adjacent to an activating group) is 1. The molecule has 0 radical (unpaired) electrons. The molecule has 8 nitrogen and oxygen atoms in total. The van der Waals surface area contributed by atoms with Crippen molar-refractivity contribution in [3.63, 3.8) is 0 Å². The minimum absolute atomic E-state index is 0.0113. The lowest BCUT2D eigenvalue weighted by Crippen LogP contribution is -2.40. The number of hydrogen-bond acceptors (Lipinski definition) is 6. The Hall–Kier alpha value is -2.84. The van der Waals surface area contributed by atoms with E-state index in [-0.39, 0.29) is 18.2 Å². The Morgan fingerprint density at radius 3 is 2.45 bits per heavy atom. The highest BCUT2D eigenvalue weighted by molar-refractivity contribution is 6.38. The molecule has 10 heteroatoms. The number of anilines is 3. The maximum Gasteiger partial charge on any atom is 0.408 e. The maximum absolute atomic E-state index is 12.5. The molecule has 0 unspecified atom stereocenters. The fraction of sp³-hybridized carbons (Fsp3) is 0.333. The number of nitrogens with zero attached hydrogens (tertiary/aromatic N) is 1. The molecule has 0 aliphatic rings. The number of halogens is 2. The van der Waals surface area contributed by atoms with Gasteiger partial charge in [0.2, 0.25) is 5.91 Å². The second kappa shape index (κ2) is 9.98. The van der Waals surface area contributed by atoms with Gasteiger partial charge in [0.15, 0.2) is 0 Å². The van der Waals surface area contributed by atoms with Gasteiger partial charge in [-0.2, -0.15) is 0 Å². The molecule has 5 N–H and O–H groups in total. The van der Waals surface area contributed by atoms with Crippen molar-refractivity contribution in [3.8, 4) is 5.75 Å². The van der Waals surface area contributed by atoms with Crippen molar-refractivity contribution < 1.29 is 19.1 Å². The van der Waals surface area contributed by atoms with Crippen molar-refractivity contribution in [1.29, 1.82) is 0 Å². The van der Waals surface area contributed by atoms with Crippen LogP contribution in [-0.2, 0) is 16.1 Å². The minimum Gasteiger partial charge on any atom is -0.487 e. The maximum atomic E-state index is 12.5. The van der Waals surface area contributed by atoms with Gasteiger partial charge in [-0.15, -0.1) is 0 Å². The highest BCUT2D eigenvalue weighted by Gasteiger charge is 2.21. The van der Waals surface area contributed by atoms with Crippen molar-refractivity contribution >= 4 is 52.3 Å². The van der Waals surface area contributed by atoms with Crippen molar-refractivity contribution in [2.24, 2.45) is 0 Å². The van der Waals surface area contributed by atoms with Crippen LogP contribution in [0, 0.1) is 0 Å². The third-order valence-corrected chi connectivity index (χ3v) is 4.93. The first-order valence-electron chi connectivity index (χ1n) is 9.37. The van der Waals surface area contributed by atoms with E-state index in [9.17, 15) is 9.59 Å². The first-order chi connectivity index (χ1) is 14.4. The highest BCUT2D eigenvalue weighted by Crippen LogP contribution is 2.35. The van der Waals surface area contributed by atoms with Gasteiger partial charge in [-0.3, -0.25) is 4.79 Å². The monoisotopic (exact) mass is 468 g/mol. The zero-order chi connectivity index (χ0) is 23.3. The Labute approximate surface area is 191 Å². The Kier molecular flexibility index (Phi) is 7.86. The fourth-order valence-corrected chi connectivity index (χ4v) is 3.13. The molecule has 0 bridgehead atoms. The smallest absolute Gasteiger partial charge is 0.408 e. The Balaban J connectivity index is 2.12. The summed E-state index contributed by atoms with van der Waals surface area (Å²) in [5.41, 5.74) is 12.6. The molecule has 31 heavy (non-hydrogen) atoms. The van der Waals surface area contributed by atoms with Crippen molar-refractivity contribution in [2.45, 2.75) is 33.0 Å². The number of ether oxygens (including phenoxy) is 2. The number of alkyl carbamates (subject to hydrolysis) is 1. The van der Waals surface area contributed by atoms with Crippen LogP contribution in [0.15, 0.2) is 30.3 Å². The molecular weight excluding hydrogens is 443 g/mol. The van der Waals surface area contributed by atoms with Crippen LogP contribution in [-0.4, -0.2) is 31.2 Å². The molecule has 0 heterocycles. The van der Waals surface area contributed by atoms with E-state index in [1.807, 2.05) is 0 Å². The number of nitrogen functional groups attached to an aromatic ring is 2. The molecular formula is C21H26Cl2N4O4. The van der Waals surface area contributed by atoms with Gasteiger partial charge >= 0.3 is 6.09 Å². The Morgan fingerprint density at radius 2 is 1.81 bits per heavy atom. The third kappa shape index (κ3) is 6.57. The minimum atomic E-state index is -0.690. The van der Waals surface area contributed by atoms with Crippen LogP contribution in [0.2, 0.25) is 10.0 Å². The van der Waals surface area contributed by atoms with Gasteiger partial charge in [-0.05, 0) is 45.0 Å². The highest BCUT2D eigenvalue weighted by atomic mass is 35.5. The number of nitrogens with one attached hydrogen (secondary N) is 1. The zero-order valence-corrected chi connectivity index (χ0v) is 19.3. The summed E-state index contributed by atoms with van der Waals surface area (Å²) in [6, 6.07) is 8.26. The van der Waals surface area contributed by atoms with E-state index < -0.39 is 17.6 Å².